The molecule has 0 aliphatic rings. The van der Waals surface area contributed by atoms with Crippen LogP contribution in [0, 0.1) is 0 Å². The van der Waals surface area contributed by atoms with Gasteiger partial charge in [0.2, 0.25) is 0 Å². The van der Waals surface area contributed by atoms with Crippen molar-refractivity contribution in [3.63, 3.8) is 0 Å². The second-order valence-corrected chi connectivity index (χ2v) is 8.02. The van der Waals surface area contributed by atoms with Crippen molar-refractivity contribution in [1.82, 2.24) is 0 Å². The van der Waals surface area contributed by atoms with Crippen molar-refractivity contribution in [3.8, 4) is 5.75 Å². The molecule has 22 heavy (non-hydrogen) atoms. The van der Waals surface area contributed by atoms with Crippen molar-refractivity contribution < 1.29 is 14.9 Å². The fraction of sp³-hybridized carbons (Fsp3) is 0.684. The van der Waals surface area contributed by atoms with Crippen LogP contribution in [-0.2, 0) is 22.2 Å². The van der Waals surface area contributed by atoms with Crippen LogP contribution < -0.4 is 0 Å². The van der Waals surface area contributed by atoms with Crippen molar-refractivity contribution in [2.24, 2.45) is 0 Å². The van der Waals surface area contributed by atoms with E-state index in [1.165, 1.54) is 0 Å². The minimum absolute atomic E-state index is 0.114. The Morgan fingerprint density at radius 1 is 0.909 bits per heavy atom. The lowest BCUT2D eigenvalue weighted by atomic mass is 9.78. The summed E-state index contributed by atoms with van der Waals surface area (Å²) >= 11 is 0. The smallest absolute Gasteiger partial charge is 0.123 e. The highest BCUT2D eigenvalue weighted by atomic mass is 16.5. The average molecular weight is 308 g/mol. The number of aromatic hydroxyl groups is 1. The number of unbranched alkanes of at least 4 members (excludes halogenated alkanes) is 1. The lowest BCUT2D eigenvalue weighted by Crippen LogP contribution is -2.18. The number of aliphatic hydroxyl groups is 1. The molecule has 0 saturated carbocycles. The van der Waals surface area contributed by atoms with Gasteiger partial charge in [0, 0.05) is 13.2 Å². The molecule has 0 unspecified atom stereocenters. The number of benzene rings is 1. The summed E-state index contributed by atoms with van der Waals surface area (Å²) in [5.74, 6) is 0.407. The molecule has 0 aliphatic heterocycles. The van der Waals surface area contributed by atoms with E-state index in [1.807, 2.05) is 0 Å². The largest absolute Gasteiger partial charge is 0.507 e. The fourth-order valence-corrected chi connectivity index (χ4v) is 2.43. The van der Waals surface area contributed by atoms with E-state index >= 15 is 0 Å². The predicted octanol–water partition coefficient (Wildman–Crippen LogP) is 4.28. The lowest BCUT2D eigenvalue weighted by molar-refractivity contribution is 0.112. The topological polar surface area (TPSA) is 49.7 Å². The summed E-state index contributed by atoms with van der Waals surface area (Å²) in [6.45, 7) is 14.1. The molecule has 0 saturated heterocycles. The van der Waals surface area contributed by atoms with Crippen molar-refractivity contribution in [1.29, 1.82) is 0 Å². The predicted molar refractivity (Wildman–Crippen MR) is 91.5 cm³/mol. The van der Waals surface area contributed by atoms with Crippen molar-refractivity contribution in [2.75, 3.05) is 13.2 Å². The molecular formula is C19H32O3. The molecule has 0 aromatic heterocycles. The first-order valence-corrected chi connectivity index (χ1v) is 8.13. The maximum absolute atomic E-state index is 10.7. The Kier molecular flexibility index (Phi) is 6.45. The second kappa shape index (κ2) is 7.47. The molecule has 3 nitrogen and oxygen atoms in total. The van der Waals surface area contributed by atoms with Gasteiger partial charge in [-0.3, -0.25) is 0 Å². The first-order valence-electron chi connectivity index (χ1n) is 8.13. The normalized spacial score (nSPS) is 12.7. The molecule has 0 fully saturated rings. The maximum Gasteiger partial charge on any atom is 0.123 e. The average Bonchev–Trinajstić information content (AvgIpc) is 2.37. The standard InChI is InChI=1S/C19H32O3/c1-18(2,3)15-11-14(13-22-10-8-7-9-20)12-16(17(15)21)19(4,5)6/h11-12,20-21H,7-10,13H2,1-6H3. The number of aliphatic hydroxyl groups excluding tert-OH is 1. The number of phenols is 1. The second-order valence-electron chi connectivity index (χ2n) is 8.02. The van der Waals surface area contributed by atoms with Gasteiger partial charge < -0.3 is 14.9 Å². The lowest BCUT2D eigenvalue weighted by Gasteiger charge is -2.28. The molecule has 1 aromatic rings. The Hall–Kier alpha value is -1.06. The first-order chi connectivity index (χ1) is 10.1. The van der Waals surface area contributed by atoms with Crippen LogP contribution in [0.2, 0.25) is 0 Å². The van der Waals surface area contributed by atoms with Crippen LogP contribution in [0.4, 0.5) is 0 Å². The molecule has 3 heteroatoms. The Balaban J connectivity index is 3.03. The van der Waals surface area contributed by atoms with Gasteiger partial charge in [-0.15, -0.1) is 0 Å². The number of phenolic OH excluding ortho intramolecular Hbond substituents is 1. The molecule has 0 heterocycles. The molecular weight excluding hydrogens is 276 g/mol. The van der Waals surface area contributed by atoms with E-state index in [2.05, 4.69) is 53.7 Å². The van der Waals surface area contributed by atoms with Gasteiger partial charge in [0.25, 0.3) is 0 Å². The van der Waals surface area contributed by atoms with Crippen LogP contribution in [0.15, 0.2) is 12.1 Å². The third-order valence-corrected chi connectivity index (χ3v) is 3.75. The van der Waals surface area contributed by atoms with Crippen LogP contribution in [0.5, 0.6) is 5.75 Å². The zero-order chi connectivity index (χ0) is 17.0. The molecule has 0 atom stereocenters. The van der Waals surface area contributed by atoms with Crippen molar-refractivity contribution >= 4 is 0 Å². The van der Waals surface area contributed by atoms with E-state index in [4.69, 9.17) is 9.84 Å². The molecule has 0 bridgehead atoms. The van der Waals surface area contributed by atoms with Crippen LogP contribution in [0.1, 0.15) is 71.1 Å². The Bertz CT molecular complexity index is 443. The summed E-state index contributed by atoms with van der Waals surface area (Å²) in [5.41, 5.74) is 2.80. The van der Waals surface area contributed by atoms with Gasteiger partial charge in [-0.2, -0.15) is 0 Å². The van der Waals surface area contributed by atoms with E-state index in [-0.39, 0.29) is 17.4 Å². The van der Waals surface area contributed by atoms with E-state index in [9.17, 15) is 5.11 Å². The number of ether oxygens (including phenoxy) is 1. The number of hydrogen-bond donors (Lipinski definition) is 2. The highest BCUT2D eigenvalue weighted by molar-refractivity contribution is 5.49. The molecule has 126 valence electrons. The van der Waals surface area contributed by atoms with Gasteiger partial charge in [0.05, 0.1) is 6.61 Å². The summed E-state index contributed by atoms with van der Waals surface area (Å²) < 4.78 is 5.70. The number of rotatable bonds is 6. The van der Waals surface area contributed by atoms with Gasteiger partial charge in [0.15, 0.2) is 0 Å². The molecule has 0 aliphatic carbocycles. The first kappa shape index (κ1) is 19.0. The Labute approximate surface area is 135 Å². The van der Waals surface area contributed by atoms with E-state index in [0.717, 1.165) is 29.5 Å². The summed E-state index contributed by atoms with van der Waals surface area (Å²) in [7, 11) is 0. The molecule has 0 amide bonds. The van der Waals surface area contributed by atoms with Crippen molar-refractivity contribution in [3.05, 3.63) is 28.8 Å². The Morgan fingerprint density at radius 3 is 1.82 bits per heavy atom. The van der Waals surface area contributed by atoms with Gasteiger partial charge in [-0.05, 0) is 52.5 Å². The zero-order valence-corrected chi connectivity index (χ0v) is 15.0. The minimum atomic E-state index is -0.114. The fourth-order valence-electron chi connectivity index (χ4n) is 2.43. The highest BCUT2D eigenvalue weighted by Crippen LogP contribution is 2.39. The third-order valence-electron chi connectivity index (χ3n) is 3.75. The van der Waals surface area contributed by atoms with Gasteiger partial charge in [-0.1, -0.05) is 41.5 Å². The van der Waals surface area contributed by atoms with Crippen LogP contribution in [0.3, 0.4) is 0 Å². The van der Waals surface area contributed by atoms with E-state index in [1.54, 1.807) is 0 Å². The van der Waals surface area contributed by atoms with Crippen LogP contribution >= 0.6 is 0 Å². The van der Waals surface area contributed by atoms with E-state index in [0.29, 0.717) is 19.0 Å². The van der Waals surface area contributed by atoms with Gasteiger partial charge in [0.1, 0.15) is 5.75 Å². The third kappa shape index (κ3) is 5.29. The summed E-state index contributed by atoms with van der Waals surface area (Å²) in [4.78, 5) is 0. The summed E-state index contributed by atoms with van der Waals surface area (Å²) in [5, 5.41) is 19.4. The molecule has 2 N–H and O–H groups in total. The van der Waals surface area contributed by atoms with E-state index < -0.39 is 0 Å². The Morgan fingerprint density at radius 2 is 1.41 bits per heavy atom. The molecule has 0 spiro atoms. The number of hydrogen-bond acceptors (Lipinski definition) is 3. The quantitative estimate of drug-likeness (QED) is 0.771. The molecule has 1 rings (SSSR count). The van der Waals surface area contributed by atoms with Crippen LogP contribution in [-0.4, -0.2) is 23.4 Å². The maximum atomic E-state index is 10.7. The van der Waals surface area contributed by atoms with Gasteiger partial charge in [-0.25, -0.2) is 0 Å². The summed E-state index contributed by atoms with van der Waals surface area (Å²) in [6, 6.07) is 4.10. The SMILES string of the molecule is CC(C)(C)c1cc(COCCCCO)cc(C(C)(C)C)c1O. The zero-order valence-electron chi connectivity index (χ0n) is 15.0. The van der Waals surface area contributed by atoms with Gasteiger partial charge >= 0.3 is 0 Å². The van der Waals surface area contributed by atoms with Crippen molar-refractivity contribution in [2.45, 2.75) is 71.8 Å². The monoisotopic (exact) mass is 308 g/mol. The minimum Gasteiger partial charge on any atom is -0.507 e. The molecule has 0 radical (unpaired) electrons. The highest BCUT2D eigenvalue weighted by Gasteiger charge is 2.26. The summed E-state index contributed by atoms with van der Waals surface area (Å²) in [6.07, 6.45) is 1.64. The molecule has 1 aromatic carbocycles. The van der Waals surface area contributed by atoms with Crippen LogP contribution in [0.25, 0.3) is 0 Å².